The van der Waals surface area contributed by atoms with Crippen LogP contribution in [-0.4, -0.2) is 40.5 Å². The van der Waals surface area contributed by atoms with E-state index in [1.165, 1.54) is 30.4 Å². The van der Waals surface area contributed by atoms with Gasteiger partial charge >= 0.3 is 5.97 Å². The molecule has 0 spiro atoms. The average Bonchev–Trinajstić information content (AvgIpc) is 3.20. The van der Waals surface area contributed by atoms with Crippen molar-refractivity contribution < 1.29 is 28.6 Å². The number of ether oxygens (including phenoxy) is 3. The van der Waals surface area contributed by atoms with Gasteiger partial charge in [0.05, 0.1) is 30.4 Å². The van der Waals surface area contributed by atoms with E-state index in [1.807, 2.05) is 13.8 Å². The Bertz CT molecular complexity index is 1190. The normalized spacial score (nSPS) is 10.5. The lowest BCUT2D eigenvalue weighted by Crippen LogP contribution is -2.14. The minimum Gasteiger partial charge on any atom is -0.475 e. The number of anilines is 2. The number of esters is 1. The van der Waals surface area contributed by atoms with Crippen LogP contribution in [0.3, 0.4) is 0 Å². The molecule has 0 radical (unpaired) electrons. The number of amides is 2. The van der Waals surface area contributed by atoms with Crippen molar-refractivity contribution >= 4 is 39.9 Å². The number of nitrogens with one attached hydrogen (secondary N) is 2. The van der Waals surface area contributed by atoms with Crippen molar-refractivity contribution in [3.63, 3.8) is 0 Å². The van der Waals surface area contributed by atoms with Gasteiger partial charge in [0, 0.05) is 30.1 Å². The molecule has 0 unspecified atom stereocenters. The third-order valence-electron chi connectivity index (χ3n) is 4.20. The molecule has 3 rings (SSSR count). The summed E-state index contributed by atoms with van der Waals surface area (Å²) in [7, 11) is 0. The highest BCUT2D eigenvalue weighted by molar-refractivity contribution is 7.14. The van der Waals surface area contributed by atoms with Crippen molar-refractivity contribution in [3.05, 3.63) is 53.0 Å². The molecule has 2 N–H and O–H groups in total. The fourth-order valence-corrected chi connectivity index (χ4v) is 3.58. The van der Waals surface area contributed by atoms with Crippen LogP contribution in [-0.2, 0) is 20.7 Å². The summed E-state index contributed by atoms with van der Waals surface area (Å²) in [5, 5.41) is 7.42. The number of pyridine rings is 1. The lowest BCUT2D eigenvalue weighted by atomic mass is 10.2. The molecule has 0 saturated carbocycles. The molecule has 10 nitrogen and oxygen atoms in total. The van der Waals surface area contributed by atoms with E-state index in [-0.39, 0.29) is 41.7 Å². The predicted molar refractivity (Wildman–Crippen MR) is 131 cm³/mol. The number of aromatic nitrogens is 2. The van der Waals surface area contributed by atoms with Gasteiger partial charge in [-0.2, -0.15) is 4.98 Å². The fourth-order valence-electron chi connectivity index (χ4n) is 2.87. The highest BCUT2D eigenvalue weighted by Gasteiger charge is 2.16. The lowest BCUT2D eigenvalue weighted by molar-refractivity contribution is -0.142. The van der Waals surface area contributed by atoms with Gasteiger partial charge in [-0.25, -0.2) is 4.98 Å². The van der Waals surface area contributed by atoms with E-state index < -0.39 is 5.91 Å². The summed E-state index contributed by atoms with van der Waals surface area (Å²) in [6.45, 7) is 7.13. The van der Waals surface area contributed by atoms with E-state index in [0.717, 1.165) is 0 Å². The van der Waals surface area contributed by atoms with Gasteiger partial charge in [0.15, 0.2) is 5.13 Å². The summed E-state index contributed by atoms with van der Waals surface area (Å²) >= 11 is 1.20. The first-order valence-corrected chi connectivity index (χ1v) is 11.8. The van der Waals surface area contributed by atoms with Gasteiger partial charge in [-0.3, -0.25) is 19.7 Å². The molecule has 2 aromatic heterocycles. The maximum Gasteiger partial charge on any atom is 0.311 e. The SMILES string of the molecule is CCOC(=O)Cc1csc(NC(=O)c2cc(Oc3ccc(NC(C)=O)cc3)nc(OC(C)C)c2)n1. The quantitative estimate of drug-likeness (QED) is 0.393. The fraction of sp³-hybridized carbons (Fsp3) is 0.292. The van der Waals surface area contributed by atoms with Gasteiger partial charge in [-0.05, 0) is 45.0 Å². The van der Waals surface area contributed by atoms with E-state index in [4.69, 9.17) is 14.2 Å². The van der Waals surface area contributed by atoms with E-state index in [1.54, 1.807) is 36.6 Å². The third kappa shape index (κ3) is 8.07. The summed E-state index contributed by atoms with van der Waals surface area (Å²) < 4.78 is 16.4. The Morgan fingerprint density at radius 1 is 1.03 bits per heavy atom. The summed E-state index contributed by atoms with van der Waals surface area (Å²) in [6.07, 6.45) is -0.143. The number of carbonyl (C=O) groups is 3. The van der Waals surface area contributed by atoms with Crippen LogP contribution in [0.25, 0.3) is 0 Å². The molecule has 3 aromatic rings. The summed E-state index contributed by atoms with van der Waals surface area (Å²) in [5.41, 5.74) is 1.39. The number of rotatable bonds is 10. The first kappa shape index (κ1) is 25.6. The Kier molecular flexibility index (Phi) is 8.74. The van der Waals surface area contributed by atoms with Crippen LogP contribution in [0, 0.1) is 0 Å². The predicted octanol–water partition coefficient (Wildman–Crippen LogP) is 4.43. The largest absolute Gasteiger partial charge is 0.475 e. The number of nitrogens with zero attached hydrogens (tertiary/aromatic N) is 2. The molecule has 0 saturated heterocycles. The minimum absolute atomic E-state index is 0.0283. The zero-order valence-electron chi connectivity index (χ0n) is 19.8. The van der Waals surface area contributed by atoms with Crippen molar-refractivity contribution in [2.45, 2.75) is 40.2 Å². The van der Waals surface area contributed by atoms with Gasteiger partial charge < -0.3 is 19.5 Å². The molecule has 0 atom stereocenters. The van der Waals surface area contributed by atoms with Crippen molar-refractivity contribution in [2.24, 2.45) is 0 Å². The monoisotopic (exact) mass is 498 g/mol. The van der Waals surface area contributed by atoms with E-state index >= 15 is 0 Å². The maximum absolute atomic E-state index is 12.9. The molecule has 0 aliphatic heterocycles. The lowest BCUT2D eigenvalue weighted by Gasteiger charge is -2.13. The second kappa shape index (κ2) is 11.9. The van der Waals surface area contributed by atoms with Gasteiger partial charge in [-0.15, -0.1) is 11.3 Å². The Balaban J connectivity index is 1.76. The number of hydrogen-bond donors (Lipinski definition) is 2. The summed E-state index contributed by atoms with van der Waals surface area (Å²) in [6, 6.07) is 9.71. The molecular formula is C24H26N4O6S. The van der Waals surface area contributed by atoms with Crippen LogP contribution >= 0.6 is 11.3 Å². The zero-order chi connectivity index (χ0) is 25.4. The first-order valence-electron chi connectivity index (χ1n) is 10.9. The van der Waals surface area contributed by atoms with Gasteiger partial charge in [-0.1, -0.05) is 0 Å². The van der Waals surface area contributed by atoms with Crippen LogP contribution in [0.1, 0.15) is 43.7 Å². The van der Waals surface area contributed by atoms with Gasteiger partial charge in [0.2, 0.25) is 17.7 Å². The van der Waals surface area contributed by atoms with Crippen molar-refractivity contribution in [1.82, 2.24) is 9.97 Å². The number of carbonyl (C=O) groups excluding carboxylic acids is 3. The molecule has 35 heavy (non-hydrogen) atoms. The number of benzene rings is 1. The van der Waals surface area contributed by atoms with Gasteiger partial charge in [0.25, 0.3) is 5.91 Å². The number of hydrogen-bond acceptors (Lipinski definition) is 9. The van der Waals surface area contributed by atoms with Crippen LogP contribution in [0.15, 0.2) is 41.8 Å². The molecule has 0 fully saturated rings. The highest BCUT2D eigenvalue weighted by atomic mass is 32.1. The second-order valence-corrected chi connectivity index (χ2v) is 8.44. The van der Waals surface area contributed by atoms with Gasteiger partial charge in [0.1, 0.15) is 5.75 Å². The molecular weight excluding hydrogens is 472 g/mol. The Labute approximate surface area is 206 Å². The maximum atomic E-state index is 12.9. The Morgan fingerprint density at radius 3 is 2.40 bits per heavy atom. The molecule has 0 aliphatic rings. The Morgan fingerprint density at radius 2 is 1.74 bits per heavy atom. The minimum atomic E-state index is -0.441. The smallest absolute Gasteiger partial charge is 0.311 e. The molecule has 2 amide bonds. The first-order chi connectivity index (χ1) is 16.7. The summed E-state index contributed by atoms with van der Waals surface area (Å²) in [4.78, 5) is 44.4. The molecule has 11 heteroatoms. The number of thiazole rings is 1. The van der Waals surface area contributed by atoms with E-state index in [2.05, 4.69) is 20.6 Å². The van der Waals surface area contributed by atoms with E-state index in [9.17, 15) is 14.4 Å². The second-order valence-electron chi connectivity index (χ2n) is 7.59. The van der Waals surface area contributed by atoms with Crippen LogP contribution < -0.4 is 20.1 Å². The van der Waals surface area contributed by atoms with Crippen molar-refractivity contribution in [2.75, 3.05) is 17.2 Å². The van der Waals surface area contributed by atoms with Crippen LogP contribution in [0.4, 0.5) is 10.8 Å². The van der Waals surface area contributed by atoms with Crippen molar-refractivity contribution in [3.8, 4) is 17.5 Å². The molecule has 0 bridgehead atoms. The Hall–Kier alpha value is -3.99. The van der Waals surface area contributed by atoms with Crippen molar-refractivity contribution in [1.29, 1.82) is 0 Å². The molecule has 0 aliphatic carbocycles. The standard InChI is InChI=1S/C24H26N4O6S/c1-5-32-22(30)12-18-13-35-24(26-18)28-23(31)16-10-20(33-14(2)3)27-21(11-16)34-19-8-6-17(7-9-19)25-15(4)29/h6-11,13-14H,5,12H2,1-4H3,(H,25,29)(H,26,28,31). The summed E-state index contributed by atoms with van der Waals surface area (Å²) in [5.74, 6) is -0.163. The topological polar surface area (TPSA) is 129 Å². The van der Waals surface area contributed by atoms with E-state index in [0.29, 0.717) is 28.9 Å². The highest BCUT2D eigenvalue weighted by Crippen LogP contribution is 2.26. The molecule has 2 heterocycles. The average molecular weight is 499 g/mol. The zero-order valence-corrected chi connectivity index (χ0v) is 20.6. The van der Waals surface area contributed by atoms with Crippen LogP contribution in [0.2, 0.25) is 0 Å². The molecule has 184 valence electrons. The third-order valence-corrected chi connectivity index (χ3v) is 5.00. The molecule has 1 aromatic carbocycles. The van der Waals surface area contributed by atoms with Crippen LogP contribution in [0.5, 0.6) is 17.5 Å².